The van der Waals surface area contributed by atoms with Crippen molar-refractivity contribution < 1.29 is 9.90 Å². The third kappa shape index (κ3) is 2.47. The smallest absolute Gasteiger partial charge is 0.308 e. The van der Waals surface area contributed by atoms with Crippen LogP contribution in [-0.2, 0) is 4.79 Å². The first-order valence-electron chi connectivity index (χ1n) is 6.93. The van der Waals surface area contributed by atoms with E-state index in [4.69, 9.17) is 5.11 Å². The maximum absolute atomic E-state index is 11.0. The topological polar surface area (TPSA) is 43.8 Å². The fourth-order valence-corrected chi connectivity index (χ4v) is 3.15. The van der Waals surface area contributed by atoms with Crippen molar-refractivity contribution in [2.75, 3.05) is 32.7 Å². The molecule has 2 saturated carbocycles. The van der Waals surface area contributed by atoms with E-state index in [1.807, 2.05) is 0 Å². The van der Waals surface area contributed by atoms with Crippen LogP contribution in [0.4, 0.5) is 0 Å². The van der Waals surface area contributed by atoms with Gasteiger partial charge in [-0.3, -0.25) is 9.69 Å². The molecule has 1 heterocycles. The Morgan fingerprint density at radius 3 is 2.24 bits per heavy atom. The van der Waals surface area contributed by atoms with Crippen LogP contribution >= 0.6 is 0 Å². The molecule has 3 rings (SSSR count). The summed E-state index contributed by atoms with van der Waals surface area (Å²) in [5.41, 5.74) is 0. The van der Waals surface area contributed by atoms with Crippen molar-refractivity contribution in [1.29, 1.82) is 0 Å². The highest BCUT2D eigenvalue weighted by Gasteiger charge is 2.41. The normalized spacial score (nSPS) is 35.5. The summed E-state index contributed by atoms with van der Waals surface area (Å²) in [7, 11) is 0. The third-order valence-electron chi connectivity index (χ3n) is 4.64. The predicted octanol–water partition coefficient (Wildman–Crippen LogP) is 0.877. The molecule has 17 heavy (non-hydrogen) atoms. The zero-order chi connectivity index (χ0) is 11.8. The summed E-state index contributed by atoms with van der Waals surface area (Å²) in [6, 6.07) is 0.329. The van der Waals surface area contributed by atoms with Crippen LogP contribution in [0.15, 0.2) is 0 Å². The Morgan fingerprint density at radius 1 is 1.06 bits per heavy atom. The van der Waals surface area contributed by atoms with Gasteiger partial charge in [0, 0.05) is 38.8 Å². The fraction of sp³-hybridized carbons (Fsp3) is 0.923. The number of piperazine rings is 1. The van der Waals surface area contributed by atoms with Crippen LogP contribution in [0.25, 0.3) is 0 Å². The van der Waals surface area contributed by atoms with Crippen LogP contribution in [0.1, 0.15) is 25.7 Å². The fourth-order valence-electron chi connectivity index (χ4n) is 3.15. The average Bonchev–Trinajstić information content (AvgIpc) is 3.02. The maximum atomic E-state index is 11.0. The van der Waals surface area contributed by atoms with Gasteiger partial charge in [-0.2, -0.15) is 0 Å². The van der Waals surface area contributed by atoms with Gasteiger partial charge in [-0.05, 0) is 31.6 Å². The summed E-state index contributed by atoms with van der Waals surface area (Å²) in [4.78, 5) is 16.0. The highest BCUT2D eigenvalue weighted by atomic mass is 16.4. The molecule has 0 aromatic rings. The largest absolute Gasteiger partial charge is 0.481 e. The molecule has 0 spiro atoms. The second kappa shape index (κ2) is 4.58. The molecule has 3 aliphatic rings. The summed E-state index contributed by atoms with van der Waals surface area (Å²) < 4.78 is 0. The zero-order valence-corrected chi connectivity index (χ0v) is 10.3. The molecule has 3 fully saturated rings. The standard InChI is InChI=1S/C13H22N2O2/c16-13(17)11-3-4-12(11)15-7-5-14(6-8-15)9-10-1-2-10/h10-12H,1-9H2,(H,16,17). The molecule has 1 N–H and O–H groups in total. The van der Waals surface area contributed by atoms with Crippen LogP contribution in [0.2, 0.25) is 0 Å². The van der Waals surface area contributed by atoms with Crippen molar-refractivity contribution in [2.24, 2.45) is 11.8 Å². The lowest BCUT2D eigenvalue weighted by atomic mass is 9.78. The molecule has 2 atom stereocenters. The van der Waals surface area contributed by atoms with Crippen molar-refractivity contribution in [1.82, 2.24) is 9.80 Å². The number of aliphatic carboxylic acids is 1. The number of hydrogen-bond donors (Lipinski definition) is 1. The minimum Gasteiger partial charge on any atom is -0.481 e. The van der Waals surface area contributed by atoms with Gasteiger partial charge in [0.2, 0.25) is 0 Å². The number of rotatable bonds is 4. The van der Waals surface area contributed by atoms with Crippen LogP contribution in [0, 0.1) is 11.8 Å². The van der Waals surface area contributed by atoms with Crippen molar-refractivity contribution in [3.63, 3.8) is 0 Å². The van der Waals surface area contributed by atoms with E-state index in [1.54, 1.807) is 0 Å². The van der Waals surface area contributed by atoms with Crippen molar-refractivity contribution in [2.45, 2.75) is 31.7 Å². The lowest BCUT2D eigenvalue weighted by molar-refractivity contribution is -0.149. The van der Waals surface area contributed by atoms with E-state index in [0.717, 1.165) is 44.9 Å². The Morgan fingerprint density at radius 2 is 1.76 bits per heavy atom. The van der Waals surface area contributed by atoms with Gasteiger partial charge in [0.15, 0.2) is 0 Å². The zero-order valence-electron chi connectivity index (χ0n) is 10.3. The van der Waals surface area contributed by atoms with Gasteiger partial charge >= 0.3 is 5.97 Å². The molecule has 4 heteroatoms. The highest BCUT2D eigenvalue weighted by Crippen LogP contribution is 2.34. The van der Waals surface area contributed by atoms with Gasteiger partial charge in [0.25, 0.3) is 0 Å². The van der Waals surface area contributed by atoms with Crippen LogP contribution in [0.5, 0.6) is 0 Å². The van der Waals surface area contributed by atoms with E-state index in [-0.39, 0.29) is 5.92 Å². The van der Waals surface area contributed by atoms with Gasteiger partial charge in [0.1, 0.15) is 0 Å². The van der Waals surface area contributed by atoms with Gasteiger partial charge in [-0.15, -0.1) is 0 Å². The van der Waals surface area contributed by atoms with E-state index in [9.17, 15) is 4.79 Å². The second-order valence-corrected chi connectivity index (χ2v) is 5.87. The molecular weight excluding hydrogens is 216 g/mol. The Balaban J connectivity index is 1.46. The van der Waals surface area contributed by atoms with E-state index < -0.39 is 5.97 Å². The Bertz CT molecular complexity index is 296. The van der Waals surface area contributed by atoms with Gasteiger partial charge < -0.3 is 10.0 Å². The van der Waals surface area contributed by atoms with E-state index >= 15 is 0 Å². The van der Waals surface area contributed by atoms with Crippen molar-refractivity contribution in [3.8, 4) is 0 Å². The molecule has 2 aliphatic carbocycles. The predicted molar refractivity (Wildman–Crippen MR) is 64.9 cm³/mol. The molecule has 0 amide bonds. The van der Waals surface area contributed by atoms with E-state index in [0.29, 0.717) is 6.04 Å². The Kier molecular flexibility index (Phi) is 3.09. The number of hydrogen-bond acceptors (Lipinski definition) is 3. The van der Waals surface area contributed by atoms with Crippen LogP contribution in [0.3, 0.4) is 0 Å². The van der Waals surface area contributed by atoms with Crippen molar-refractivity contribution in [3.05, 3.63) is 0 Å². The Hall–Kier alpha value is -0.610. The third-order valence-corrected chi connectivity index (χ3v) is 4.64. The van der Waals surface area contributed by atoms with Gasteiger partial charge in [-0.1, -0.05) is 0 Å². The number of nitrogens with zero attached hydrogens (tertiary/aromatic N) is 2. The summed E-state index contributed by atoms with van der Waals surface area (Å²) in [6.45, 7) is 5.70. The maximum Gasteiger partial charge on any atom is 0.308 e. The average molecular weight is 238 g/mol. The lowest BCUT2D eigenvalue weighted by Gasteiger charge is -2.46. The SMILES string of the molecule is O=C(O)C1CCC1N1CCN(CC2CC2)CC1. The lowest BCUT2D eigenvalue weighted by Crippen LogP contribution is -2.57. The molecule has 1 aliphatic heterocycles. The number of carboxylic acids is 1. The molecule has 0 radical (unpaired) electrons. The van der Waals surface area contributed by atoms with Crippen LogP contribution in [-0.4, -0.2) is 59.6 Å². The molecule has 0 aromatic heterocycles. The summed E-state index contributed by atoms with van der Waals surface area (Å²) in [5.74, 6) is 0.281. The minimum absolute atomic E-state index is 0.0926. The summed E-state index contributed by atoms with van der Waals surface area (Å²) in [6.07, 6.45) is 4.80. The quantitative estimate of drug-likeness (QED) is 0.789. The summed E-state index contributed by atoms with van der Waals surface area (Å²) in [5, 5.41) is 9.08. The monoisotopic (exact) mass is 238 g/mol. The first kappa shape index (κ1) is 11.5. The molecule has 1 saturated heterocycles. The highest BCUT2D eigenvalue weighted by molar-refractivity contribution is 5.72. The van der Waals surface area contributed by atoms with Crippen LogP contribution < -0.4 is 0 Å². The van der Waals surface area contributed by atoms with E-state index in [2.05, 4.69) is 9.80 Å². The molecular formula is C13H22N2O2. The van der Waals surface area contributed by atoms with E-state index in [1.165, 1.54) is 19.4 Å². The second-order valence-electron chi connectivity index (χ2n) is 5.87. The summed E-state index contributed by atoms with van der Waals surface area (Å²) >= 11 is 0. The molecule has 96 valence electrons. The van der Waals surface area contributed by atoms with Gasteiger partial charge in [-0.25, -0.2) is 0 Å². The number of carboxylic acid groups (broad SMARTS) is 1. The van der Waals surface area contributed by atoms with Gasteiger partial charge in [0.05, 0.1) is 5.92 Å². The molecule has 0 aromatic carbocycles. The minimum atomic E-state index is -0.596. The molecule has 0 bridgehead atoms. The molecule has 4 nitrogen and oxygen atoms in total. The first-order valence-corrected chi connectivity index (χ1v) is 6.93. The Labute approximate surface area is 103 Å². The molecule has 2 unspecified atom stereocenters. The first-order chi connectivity index (χ1) is 8.24. The number of carbonyl (C=O) groups is 1. The van der Waals surface area contributed by atoms with Crippen molar-refractivity contribution >= 4 is 5.97 Å².